The maximum Gasteiger partial charge on any atom is 0.127 e. The molecule has 3 aromatic carbocycles. The van der Waals surface area contributed by atoms with Crippen LogP contribution in [0.2, 0.25) is 0 Å². The highest BCUT2D eigenvalue weighted by atomic mass is 16.5. The van der Waals surface area contributed by atoms with Gasteiger partial charge in [-0.15, -0.1) is 0 Å². The monoisotopic (exact) mass is 300 g/mol. The Morgan fingerprint density at radius 1 is 0.652 bits per heavy atom. The lowest BCUT2D eigenvalue weighted by Gasteiger charge is -2.10. The van der Waals surface area contributed by atoms with E-state index in [9.17, 15) is 0 Å². The SMILES string of the molecule is C=C(Oc1ccc(C)cc1)c1ccc(-c2ccc(C)cc2)cc1. The summed E-state index contributed by atoms with van der Waals surface area (Å²) in [5, 5.41) is 0. The van der Waals surface area contributed by atoms with Gasteiger partial charge in [0.25, 0.3) is 0 Å². The molecular formula is C22H20O. The highest BCUT2D eigenvalue weighted by Gasteiger charge is 2.03. The van der Waals surface area contributed by atoms with Gasteiger partial charge in [-0.05, 0) is 37.1 Å². The lowest BCUT2D eigenvalue weighted by atomic mass is 10.0. The number of rotatable bonds is 4. The Balaban J connectivity index is 1.74. The minimum absolute atomic E-state index is 0.657. The molecule has 0 amide bonds. The largest absolute Gasteiger partial charge is 0.457 e. The van der Waals surface area contributed by atoms with Gasteiger partial charge in [-0.25, -0.2) is 0 Å². The van der Waals surface area contributed by atoms with Crippen LogP contribution in [0.4, 0.5) is 0 Å². The lowest BCUT2D eigenvalue weighted by molar-refractivity contribution is 0.516. The molecule has 0 aliphatic heterocycles. The van der Waals surface area contributed by atoms with Crippen molar-refractivity contribution in [2.24, 2.45) is 0 Å². The fraction of sp³-hybridized carbons (Fsp3) is 0.0909. The first-order valence-electron chi connectivity index (χ1n) is 7.73. The molecule has 1 nitrogen and oxygen atoms in total. The van der Waals surface area contributed by atoms with Gasteiger partial charge in [0.05, 0.1) is 0 Å². The first-order chi connectivity index (χ1) is 11.1. The Labute approximate surface area is 137 Å². The molecule has 0 N–H and O–H groups in total. The van der Waals surface area contributed by atoms with Gasteiger partial charge in [-0.3, -0.25) is 0 Å². The smallest absolute Gasteiger partial charge is 0.127 e. The number of hydrogen-bond acceptors (Lipinski definition) is 1. The topological polar surface area (TPSA) is 9.23 Å². The van der Waals surface area contributed by atoms with Gasteiger partial charge in [0.15, 0.2) is 0 Å². The van der Waals surface area contributed by atoms with Crippen molar-refractivity contribution >= 4 is 5.76 Å². The zero-order chi connectivity index (χ0) is 16.2. The van der Waals surface area contributed by atoms with Crippen LogP contribution in [0.1, 0.15) is 16.7 Å². The van der Waals surface area contributed by atoms with Gasteiger partial charge in [0.2, 0.25) is 0 Å². The third-order valence-corrected chi connectivity index (χ3v) is 3.85. The van der Waals surface area contributed by atoms with E-state index in [1.54, 1.807) is 0 Å². The van der Waals surface area contributed by atoms with Crippen LogP contribution in [-0.4, -0.2) is 0 Å². The summed E-state index contributed by atoms with van der Waals surface area (Å²) in [6.07, 6.45) is 0. The fourth-order valence-electron chi connectivity index (χ4n) is 2.40. The average Bonchev–Trinajstić information content (AvgIpc) is 2.58. The predicted octanol–water partition coefficient (Wildman–Crippen LogP) is 6.02. The summed E-state index contributed by atoms with van der Waals surface area (Å²) in [5.41, 5.74) is 5.88. The molecule has 0 bridgehead atoms. The molecule has 0 aliphatic carbocycles. The maximum atomic E-state index is 5.82. The van der Waals surface area contributed by atoms with E-state index >= 15 is 0 Å². The molecule has 0 fully saturated rings. The van der Waals surface area contributed by atoms with E-state index < -0.39 is 0 Å². The molecule has 0 radical (unpaired) electrons. The van der Waals surface area contributed by atoms with Crippen molar-refractivity contribution in [3.05, 3.63) is 96.1 Å². The Bertz CT molecular complexity index is 794. The van der Waals surface area contributed by atoms with Gasteiger partial charge in [0.1, 0.15) is 11.5 Å². The molecule has 0 unspecified atom stereocenters. The Morgan fingerprint density at radius 3 is 1.61 bits per heavy atom. The lowest BCUT2D eigenvalue weighted by Crippen LogP contribution is -1.93. The highest BCUT2D eigenvalue weighted by molar-refractivity contribution is 5.68. The molecule has 0 aromatic heterocycles. The predicted molar refractivity (Wildman–Crippen MR) is 97.5 cm³/mol. The van der Waals surface area contributed by atoms with Crippen molar-refractivity contribution in [3.63, 3.8) is 0 Å². The number of hydrogen-bond donors (Lipinski definition) is 0. The summed E-state index contributed by atoms with van der Waals surface area (Å²) in [5.74, 6) is 1.47. The number of ether oxygens (including phenoxy) is 1. The van der Waals surface area contributed by atoms with Crippen molar-refractivity contribution in [1.29, 1.82) is 0 Å². The van der Waals surface area contributed by atoms with Crippen LogP contribution in [0.15, 0.2) is 79.4 Å². The molecule has 114 valence electrons. The summed E-state index contributed by atoms with van der Waals surface area (Å²) in [4.78, 5) is 0. The Kier molecular flexibility index (Phi) is 4.29. The third-order valence-electron chi connectivity index (χ3n) is 3.85. The second-order valence-corrected chi connectivity index (χ2v) is 5.78. The molecular weight excluding hydrogens is 280 g/mol. The quantitative estimate of drug-likeness (QED) is 0.535. The minimum atomic E-state index is 0.657. The Morgan fingerprint density at radius 2 is 1.09 bits per heavy atom. The van der Waals surface area contributed by atoms with Gasteiger partial charge in [0, 0.05) is 5.56 Å². The first kappa shape index (κ1) is 15.1. The molecule has 0 aliphatic rings. The maximum absolute atomic E-state index is 5.82. The normalized spacial score (nSPS) is 10.3. The van der Waals surface area contributed by atoms with Gasteiger partial charge in [-0.1, -0.05) is 78.4 Å². The summed E-state index contributed by atoms with van der Waals surface area (Å²) in [7, 11) is 0. The Hall–Kier alpha value is -2.80. The second kappa shape index (κ2) is 6.53. The summed E-state index contributed by atoms with van der Waals surface area (Å²) >= 11 is 0. The van der Waals surface area contributed by atoms with Crippen LogP contribution in [0.3, 0.4) is 0 Å². The van der Waals surface area contributed by atoms with E-state index in [4.69, 9.17) is 4.74 Å². The average molecular weight is 300 g/mol. The number of aryl methyl sites for hydroxylation is 2. The second-order valence-electron chi connectivity index (χ2n) is 5.78. The molecule has 0 heterocycles. The van der Waals surface area contributed by atoms with E-state index in [1.807, 2.05) is 36.4 Å². The molecule has 3 aromatic rings. The van der Waals surface area contributed by atoms with E-state index in [-0.39, 0.29) is 0 Å². The highest BCUT2D eigenvalue weighted by Crippen LogP contribution is 2.24. The zero-order valence-corrected chi connectivity index (χ0v) is 13.5. The van der Waals surface area contributed by atoms with Crippen molar-refractivity contribution < 1.29 is 4.74 Å². The molecule has 0 saturated carbocycles. The zero-order valence-electron chi connectivity index (χ0n) is 13.5. The third kappa shape index (κ3) is 3.70. The van der Waals surface area contributed by atoms with E-state index in [1.165, 1.54) is 22.3 Å². The van der Waals surface area contributed by atoms with Crippen LogP contribution in [0, 0.1) is 13.8 Å². The van der Waals surface area contributed by atoms with E-state index in [0.29, 0.717) is 5.76 Å². The molecule has 1 heteroatoms. The van der Waals surface area contributed by atoms with Crippen LogP contribution in [0.5, 0.6) is 5.75 Å². The summed E-state index contributed by atoms with van der Waals surface area (Å²) in [6, 6.07) is 24.8. The van der Waals surface area contributed by atoms with Crippen molar-refractivity contribution in [2.75, 3.05) is 0 Å². The molecule has 23 heavy (non-hydrogen) atoms. The number of benzene rings is 3. The van der Waals surface area contributed by atoms with Crippen LogP contribution < -0.4 is 4.74 Å². The summed E-state index contributed by atoms with van der Waals surface area (Å²) < 4.78 is 5.82. The minimum Gasteiger partial charge on any atom is -0.457 e. The summed E-state index contributed by atoms with van der Waals surface area (Å²) in [6.45, 7) is 8.19. The van der Waals surface area contributed by atoms with Crippen molar-refractivity contribution in [3.8, 4) is 16.9 Å². The molecule has 3 rings (SSSR count). The van der Waals surface area contributed by atoms with Gasteiger partial charge in [-0.2, -0.15) is 0 Å². The van der Waals surface area contributed by atoms with E-state index in [2.05, 4.69) is 56.8 Å². The fourth-order valence-corrected chi connectivity index (χ4v) is 2.40. The molecule has 0 saturated heterocycles. The van der Waals surface area contributed by atoms with Crippen LogP contribution in [-0.2, 0) is 0 Å². The standard InChI is InChI=1S/C22H20O/c1-16-4-8-20(9-5-16)21-12-10-19(11-13-21)18(3)23-22-14-6-17(2)7-15-22/h4-15H,3H2,1-2H3. The molecule has 0 spiro atoms. The van der Waals surface area contributed by atoms with E-state index in [0.717, 1.165) is 11.3 Å². The van der Waals surface area contributed by atoms with Gasteiger partial charge >= 0.3 is 0 Å². The van der Waals surface area contributed by atoms with Crippen molar-refractivity contribution in [1.82, 2.24) is 0 Å². The van der Waals surface area contributed by atoms with Crippen molar-refractivity contribution in [2.45, 2.75) is 13.8 Å². The molecule has 0 atom stereocenters. The van der Waals surface area contributed by atoms with Crippen LogP contribution in [0.25, 0.3) is 16.9 Å². The van der Waals surface area contributed by atoms with Gasteiger partial charge < -0.3 is 4.74 Å². The first-order valence-corrected chi connectivity index (χ1v) is 7.73. The van der Waals surface area contributed by atoms with Crippen LogP contribution >= 0.6 is 0 Å².